The lowest BCUT2D eigenvalue weighted by Crippen LogP contribution is -2.45. The molecule has 1 aliphatic heterocycles. The Labute approximate surface area is 247 Å². The van der Waals surface area contributed by atoms with Gasteiger partial charge in [0.1, 0.15) is 29.3 Å². The molecule has 2 aliphatic rings. The third-order valence-electron chi connectivity index (χ3n) is 8.50. The highest BCUT2D eigenvalue weighted by molar-refractivity contribution is 6.00. The highest BCUT2D eigenvalue weighted by atomic mass is 16.5. The Balaban J connectivity index is 1.41. The molecule has 0 spiro atoms. The number of likely N-dealkylation sites (tertiary alicyclic amines) is 1. The molecule has 224 valence electrons. The van der Waals surface area contributed by atoms with Crippen molar-refractivity contribution in [1.29, 1.82) is 0 Å². The molecule has 5 rings (SSSR count). The lowest BCUT2D eigenvalue weighted by molar-refractivity contribution is -0.125. The first kappa shape index (κ1) is 29.4. The van der Waals surface area contributed by atoms with Gasteiger partial charge in [-0.2, -0.15) is 0 Å². The maximum atomic E-state index is 13.2. The fourth-order valence-corrected chi connectivity index (χ4v) is 6.06. The summed E-state index contributed by atoms with van der Waals surface area (Å²) in [6.45, 7) is 2.53. The van der Waals surface area contributed by atoms with Crippen molar-refractivity contribution in [2.45, 2.75) is 50.7 Å². The number of fused-ring (bicyclic) bond motifs is 1. The van der Waals surface area contributed by atoms with Gasteiger partial charge in [0, 0.05) is 66.9 Å². The van der Waals surface area contributed by atoms with E-state index in [1.54, 1.807) is 39.9 Å². The first-order valence-electron chi connectivity index (χ1n) is 14.6. The lowest BCUT2D eigenvalue weighted by Gasteiger charge is -2.30. The molecular formula is C31H42N8O3. The van der Waals surface area contributed by atoms with E-state index in [2.05, 4.69) is 43.3 Å². The van der Waals surface area contributed by atoms with Crippen molar-refractivity contribution in [1.82, 2.24) is 24.8 Å². The van der Waals surface area contributed by atoms with Crippen LogP contribution >= 0.6 is 0 Å². The van der Waals surface area contributed by atoms with Crippen molar-refractivity contribution in [3.63, 3.8) is 0 Å². The first-order valence-corrected chi connectivity index (χ1v) is 14.6. The zero-order valence-corrected chi connectivity index (χ0v) is 25.0. The molecule has 2 atom stereocenters. The molecule has 3 aromatic rings. The summed E-state index contributed by atoms with van der Waals surface area (Å²) in [6.07, 6.45) is 11.6. The van der Waals surface area contributed by atoms with Crippen LogP contribution in [-0.4, -0.2) is 79.0 Å². The highest BCUT2D eigenvalue weighted by Gasteiger charge is 2.34. The fraction of sp³-hybridized carbons (Fsp3) is 0.484. The normalized spacial score (nSPS) is 20.3. The molecule has 1 saturated heterocycles. The zero-order valence-electron chi connectivity index (χ0n) is 25.0. The monoisotopic (exact) mass is 574 g/mol. The standard InChI is InChI=1S/C31H42N8O3/c1-33-12-9-26(32)25-18-39(23-7-5-20(15-23)31(40)37-22-10-13-38(2)14-11-22)30-28(25)29(35-19-36-30)34-17-21-6-8-24(41-3)16-27(21)42-4/h6,8-9,12,16,18-20,22-23H,5,7,10-11,13-15,17,32H2,1-4H3,(H,37,40)(H,34,35,36)/b26-9-,33-12?. The van der Waals surface area contributed by atoms with Crippen molar-refractivity contribution < 1.29 is 14.3 Å². The number of aromatic nitrogens is 3. The number of carbonyl (C=O) groups excluding carboxylic acids is 1. The van der Waals surface area contributed by atoms with Gasteiger partial charge in [-0.25, -0.2) is 9.97 Å². The molecule has 1 aromatic carbocycles. The van der Waals surface area contributed by atoms with Gasteiger partial charge >= 0.3 is 0 Å². The molecule has 11 nitrogen and oxygen atoms in total. The molecule has 4 N–H and O–H groups in total. The number of benzene rings is 1. The smallest absolute Gasteiger partial charge is 0.223 e. The summed E-state index contributed by atoms with van der Waals surface area (Å²) in [5, 5.41) is 7.64. The highest BCUT2D eigenvalue weighted by Crippen LogP contribution is 2.40. The number of carbonyl (C=O) groups is 1. The summed E-state index contributed by atoms with van der Waals surface area (Å²) >= 11 is 0. The van der Waals surface area contributed by atoms with Crippen LogP contribution < -0.4 is 25.8 Å². The molecule has 0 radical (unpaired) electrons. The number of methoxy groups -OCH3 is 2. The van der Waals surface area contributed by atoms with Crippen molar-refractivity contribution >= 4 is 34.7 Å². The van der Waals surface area contributed by atoms with E-state index in [9.17, 15) is 4.79 Å². The maximum Gasteiger partial charge on any atom is 0.223 e. The van der Waals surface area contributed by atoms with Crippen LogP contribution in [0.4, 0.5) is 5.82 Å². The van der Waals surface area contributed by atoms with Crippen molar-refractivity contribution in [3.05, 3.63) is 47.9 Å². The Bertz CT molecular complexity index is 1460. The maximum absolute atomic E-state index is 13.2. The van der Waals surface area contributed by atoms with E-state index in [0.29, 0.717) is 18.1 Å². The van der Waals surface area contributed by atoms with Crippen LogP contribution in [0.15, 0.2) is 41.8 Å². The lowest BCUT2D eigenvalue weighted by atomic mass is 10.0. The number of hydrogen-bond acceptors (Lipinski definition) is 9. The predicted octanol–water partition coefficient (Wildman–Crippen LogP) is 3.61. The van der Waals surface area contributed by atoms with E-state index >= 15 is 0 Å². The number of nitrogens with two attached hydrogens (primary N) is 1. The number of anilines is 1. The summed E-state index contributed by atoms with van der Waals surface area (Å²) in [5.41, 5.74) is 9.72. The second-order valence-electron chi connectivity index (χ2n) is 11.2. The second kappa shape index (κ2) is 13.2. The van der Waals surface area contributed by atoms with Crippen molar-refractivity contribution in [2.24, 2.45) is 16.6 Å². The third kappa shape index (κ3) is 6.35. The number of nitrogens with zero attached hydrogens (tertiary/aromatic N) is 5. The Morgan fingerprint density at radius 1 is 1.17 bits per heavy atom. The van der Waals surface area contributed by atoms with Gasteiger partial charge in [0.05, 0.1) is 19.6 Å². The first-order chi connectivity index (χ1) is 20.4. The number of piperidine rings is 1. The van der Waals surface area contributed by atoms with Crippen molar-refractivity contribution in [2.75, 3.05) is 46.7 Å². The Morgan fingerprint density at radius 2 is 1.98 bits per heavy atom. The average molecular weight is 575 g/mol. The van der Waals surface area contributed by atoms with Crippen LogP contribution in [0.3, 0.4) is 0 Å². The molecule has 1 amide bonds. The second-order valence-corrected chi connectivity index (χ2v) is 11.2. The Kier molecular flexibility index (Phi) is 9.26. The van der Waals surface area contributed by atoms with E-state index < -0.39 is 0 Å². The van der Waals surface area contributed by atoms with E-state index in [1.807, 2.05) is 18.2 Å². The molecule has 42 heavy (non-hydrogen) atoms. The van der Waals surface area contributed by atoms with Gasteiger partial charge in [0.25, 0.3) is 0 Å². The summed E-state index contributed by atoms with van der Waals surface area (Å²) in [6, 6.07) is 6.13. The molecule has 3 heterocycles. The number of ether oxygens (including phenoxy) is 2. The summed E-state index contributed by atoms with van der Waals surface area (Å²) in [7, 11) is 7.11. The number of aliphatic imine (C=N–C) groups is 1. The van der Waals surface area contributed by atoms with E-state index in [4.69, 9.17) is 20.2 Å². The van der Waals surface area contributed by atoms with Crippen LogP contribution in [0.1, 0.15) is 49.3 Å². The van der Waals surface area contributed by atoms with Crippen LogP contribution in [0.25, 0.3) is 16.7 Å². The molecule has 0 bridgehead atoms. The average Bonchev–Trinajstić information content (AvgIpc) is 3.66. The number of allylic oxidation sites excluding steroid dienone is 1. The molecule has 2 unspecified atom stereocenters. The molecule has 2 aromatic heterocycles. The van der Waals surface area contributed by atoms with Gasteiger partial charge in [-0.1, -0.05) is 0 Å². The minimum absolute atomic E-state index is 0.0161. The summed E-state index contributed by atoms with van der Waals surface area (Å²) in [5.74, 6) is 2.28. The van der Waals surface area contributed by atoms with Gasteiger partial charge in [-0.05, 0) is 70.5 Å². The summed E-state index contributed by atoms with van der Waals surface area (Å²) < 4.78 is 13.1. The third-order valence-corrected chi connectivity index (χ3v) is 8.50. The van der Waals surface area contributed by atoms with Gasteiger partial charge in [-0.3, -0.25) is 9.79 Å². The van der Waals surface area contributed by atoms with Crippen LogP contribution in [0.2, 0.25) is 0 Å². The van der Waals surface area contributed by atoms with Gasteiger partial charge in [0.2, 0.25) is 5.91 Å². The van der Waals surface area contributed by atoms with Gasteiger partial charge in [-0.15, -0.1) is 0 Å². The molecule has 11 heteroatoms. The molecular weight excluding hydrogens is 532 g/mol. The molecule has 2 fully saturated rings. The quantitative estimate of drug-likeness (QED) is 0.313. The molecule has 1 aliphatic carbocycles. The number of rotatable bonds is 10. The van der Waals surface area contributed by atoms with Crippen LogP contribution in [0, 0.1) is 5.92 Å². The van der Waals surface area contributed by atoms with Gasteiger partial charge < -0.3 is 35.3 Å². The number of amides is 1. The number of nitrogens with one attached hydrogen (secondary N) is 2. The number of hydrogen-bond donors (Lipinski definition) is 3. The van der Waals surface area contributed by atoms with Crippen LogP contribution in [-0.2, 0) is 11.3 Å². The largest absolute Gasteiger partial charge is 0.497 e. The fourth-order valence-electron chi connectivity index (χ4n) is 6.06. The summed E-state index contributed by atoms with van der Waals surface area (Å²) in [4.78, 5) is 28.9. The van der Waals surface area contributed by atoms with Gasteiger partial charge in [0.15, 0.2) is 0 Å². The zero-order chi connectivity index (χ0) is 29.6. The predicted molar refractivity (Wildman–Crippen MR) is 166 cm³/mol. The minimum Gasteiger partial charge on any atom is -0.497 e. The minimum atomic E-state index is -0.0161. The van der Waals surface area contributed by atoms with E-state index in [-0.39, 0.29) is 23.9 Å². The SMILES string of the molecule is CN=C/C=C(\N)c1cn(C2CCC(C(=O)NC3CCN(C)CC3)C2)c2ncnc(NCc3ccc(OC)cc3OC)c12. The van der Waals surface area contributed by atoms with E-state index in [1.165, 1.54) is 0 Å². The topological polar surface area (TPSA) is 132 Å². The Hall–Kier alpha value is -4.12. The Morgan fingerprint density at radius 3 is 2.71 bits per heavy atom. The molecule has 1 saturated carbocycles. The van der Waals surface area contributed by atoms with Crippen molar-refractivity contribution in [3.8, 4) is 11.5 Å². The van der Waals surface area contributed by atoms with E-state index in [0.717, 1.165) is 78.9 Å². The van der Waals surface area contributed by atoms with Crippen LogP contribution in [0.5, 0.6) is 11.5 Å².